The van der Waals surface area contributed by atoms with Gasteiger partial charge in [0.1, 0.15) is 54.4 Å². The van der Waals surface area contributed by atoms with Gasteiger partial charge in [-0.15, -0.1) is 0 Å². The Morgan fingerprint density at radius 2 is 0.945 bits per heavy atom. The maximum absolute atomic E-state index is 13.6. The van der Waals surface area contributed by atoms with Crippen molar-refractivity contribution in [3.8, 4) is 0 Å². The molecule has 414 valence electrons. The fourth-order valence-corrected chi connectivity index (χ4v) is 6.24. The van der Waals surface area contributed by atoms with E-state index in [4.69, 9.17) is 22.3 Å². The Bertz CT molecular complexity index is 1970. The second-order valence-corrected chi connectivity index (χ2v) is 17.9. The smallest absolute Gasteiger partial charge is 0.325 e. The van der Waals surface area contributed by atoms with Crippen LogP contribution in [0.5, 0.6) is 0 Å². The number of aliphatic hydroxyl groups excluding tert-OH is 2. The lowest BCUT2D eigenvalue weighted by Crippen LogP contribution is -2.61. The Morgan fingerprint density at radius 3 is 1.44 bits per heavy atom. The second-order valence-electron chi connectivity index (χ2n) is 17.9. The molecule has 0 unspecified atom stereocenters. The maximum Gasteiger partial charge on any atom is 0.325 e. The van der Waals surface area contributed by atoms with Crippen molar-refractivity contribution in [3.63, 3.8) is 0 Å². The van der Waals surface area contributed by atoms with Gasteiger partial charge in [0.05, 0.1) is 31.7 Å². The maximum atomic E-state index is 13.6. The monoisotopic (exact) mass is 1050 g/mol. The molecular formula is C43H75N13O17. The highest BCUT2D eigenvalue weighted by atomic mass is 16.4. The van der Waals surface area contributed by atoms with Crippen LogP contribution in [0.25, 0.3) is 0 Å². The van der Waals surface area contributed by atoms with Crippen LogP contribution in [0.3, 0.4) is 0 Å². The summed E-state index contributed by atoms with van der Waals surface area (Å²) in [6.07, 6.45) is -2.32. The molecule has 0 aromatic carbocycles. The molecule has 0 aromatic heterocycles. The number of unbranched alkanes of at least 4 members (excludes halogenated alkanes) is 1. The molecule has 73 heavy (non-hydrogen) atoms. The van der Waals surface area contributed by atoms with Gasteiger partial charge in [0.2, 0.25) is 65.0 Å². The first kappa shape index (κ1) is 66.0. The van der Waals surface area contributed by atoms with E-state index in [-0.39, 0.29) is 6.42 Å². The summed E-state index contributed by atoms with van der Waals surface area (Å²) < 4.78 is 0. The zero-order valence-corrected chi connectivity index (χ0v) is 42.2. The minimum atomic E-state index is -1.96. The topological polar surface area (TPSA) is 501 Å². The zero-order valence-electron chi connectivity index (χ0n) is 42.2. The third-order valence-corrected chi connectivity index (χ3v) is 10.7. The van der Waals surface area contributed by atoms with Gasteiger partial charge in [0.25, 0.3) is 0 Å². The summed E-state index contributed by atoms with van der Waals surface area (Å²) in [5.41, 5.74) is 16.5. The van der Waals surface area contributed by atoms with Crippen LogP contribution in [-0.2, 0) is 62.3 Å². The number of aliphatic carboxylic acids is 2. The molecular weight excluding hydrogens is 971 g/mol. The Labute approximate surface area is 421 Å². The molecule has 0 aliphatic heterocycles. The first-order valence-corrected chi connectivity index (χ1v) is 23.4. The van der Waals surface area contributed by atoms with Crippen molar-refractivity contribution < 1.29 is 82.8 Å². The number of rotatable bonds is 34. The fourth-order valence-electron chi connectivity index (χ4n) is 6.24. The summed E-state index contributed by atoms with van der Waals surface area (Å²) in [6.45, 7) is 9.37. The lowest BCUT2D eigenvalue weighted by Gasteiger charge is -2.27. The van der Waals surface area contributed by atoms with Crippen molar-refractivity contribution in [3.05, 3.63) is 0 Å². The number of aliphatic hydroxyl groups is 2. The quantitative estimate of drug-likeness (QED) is 0.0266. The first-order valence-electron chi connectivity index (χ1n) is 23.4. The van der Waals surface area contributed by atoms with E-state index in [0.717, 1.165) is 6.92 Å². The van der Waals surface area contributed by atoms with Gasteiger partial charge >= 0.3 is 11.9 Å². The lowest BCUT2D eigenvalue weighted by molar-refractivity contribution is -0.142. The van der Waals surface area contributed by atoms with E-state index >= 15 is 0 Å². The molecule has 0 spiro atoms. The molecule has 20 N–H and O–H groups in total. The number of carbonyl (C=O) groups is 13. The van der Waals surface area contributed by atoms with Crippen molar-refractivity contribution >= 4 is 76.9 Å². The number of hydrogen-bond donors (Lipinski definition) is 17. The van der Waals surface area contributed by atoms with E-state index in [0.29, 0.717) is 19.4 Å². The number of nitrogens with two attached hydrogens (primary N) is 3. The van der Waals surface area contributed by atoms with Crippen LogP contribution in [0.1, 0.15) is 93.9 Å². The van der Waals surface area contributed by atoms with Gasteiger partial charge in [-0.25, -0.2) is 0 Å². The van der Waals surface area contributed by atoms with Crippen LogP contribution in [-0.4, -0.2) is 184 Å². The summed E-state index contributed by atoms with van der Waals surface area (Å²) in [5.74, 6) is -15.3. The van der Waals surface area contributed by atoms with Crippen LogP contribution in [0.4, 0.5) is 0 Å². The van der Waals surface area contributed by atoms with Crippen LogP contribution in [0.2, 0.25) is 0 Å². The second kappa shape index (κ2) is 32.8. The lowest BCUT2D eigenvalue weighted by atomic mass is 10.0. The molecule has 11 atom stereocenters. The highest BCUT2D eigenvalue weighted by Crippen LogP contribution is 2.08. The van der Waals surface area contributed by atoms with E-state index in [9.17, 15) is 77.6 Å². The van der Waals surface area contributed by atoms with Crippen LogP contribution < -0.4 is 70.4 Å². The molecule has 0 aromatic rings. The summed E-state index contributed by atoms with van der Waals surface area (Å²) in [5, 5.41) is 61.6. The molecule has 0 bridgehead atoms. The number of nitrogens with one attached hydrogen (secondary N) is 10. The van der Waals surface area contributed by atoms with Crippen molar-refractivity contribution in [1.82, 2.24) is 53.2 Å². The fraction of sp³-hybridized carbons (Fsp3) is 0.698. The molecule has 30 heteroatoms. The van der Waals surface area contributed by atoms with Crippen LogP contribution in [0.15, 0.2) is 0 Å². The van der Waals surface area contributed by atoms with Crippen molar-refractivity contribution in [2.75, 3.05) is 19.7 Å². The molecule has 0 rings (SSSR count). The van der Waals surface area contributed by atoms with Gasteiger partial charge in [-0.2, -0.15) is 0 Å². The van der Waals surface area contributed by atoms with Gasteiger partial charge in [-0.1, -0.05) is 34.1 Å². The molecule has 0 aliphatic carbocycles. The normalized spacial score (nSPS) is 15.6. The largest absolute Gasteiger partial charge is 0.481 e. The van der Waals surface area contributed by atoms with Crippen LogP contribution in [0, 0.1) is 11.8 Å². The SMILES string of the molecule is CC(C)[C@H](NC(=O)[C@H](C)NC(=O)[C@@H](NC(=O)CNC(=O)[C@@H](NC(=O)[C@H](CC(=O)O)NC(=O)[C@H](CCC(N)=O)NC(=O)[C@H](CO)NC(=O)[C@H](C)NC(=O)[C@@H](N)CCCCN)C(C)C)[C@@H](C)O)C(=O)N[C@@H](C)C(=O)O. The number of primary amides is 1. The van der Waals surface area contributed by atoms with E-state index in [1.54, 1.807) is 13.8 Å². The first-order chi connectivity index (χ1) is 33.9. The molecule has 30 nitrogen and oxygen atoms in total. The highest BCUT2D eigenvalue weighted by molar-refractivity contribution is 5.99. The summed E-state index contributed by atoms with van der Waals surface area (Å²) in [4.78, 5) is 165. The average Bonchev–Trinajstić information content (AvgIpc) is 3.29. The number of carboxylic acid groups (broad SMARTS) is 2. The number of carbonyl (C=O) groups excluding carboxylic acids is 11. The zero-order chi connectivity index (χ0) is 56.4. The van der Waals surface area contributed by atoms with Crippen molar-refractivity contribution in [1.29, 1.82) is 0 Å². The molecule has 0 saturated heterocycles. The van der Waals surface area contributed by atoms with E-state index in [1.165, 1.54) is 34.6 Å². The Morgan fingerprint density at radius 1 is 0.493 bits per heavy atom. The predicted molar refractivity (Wildman–Crippen MR) is 255 cm³/mol. The van der Waals surface area contributed by atoms with E-state index in [2.05, 4.69) is 53.2 Å². The molecule has 0 fully saturated rings. The number of carboxylic acids is 2. The third kappa shape index (κ3) is 24.8. The Hall–Kier alpha value is -7.05. The molecule has 0 aliphatic rings. The van der Waals surface area contributed by atoms with Crippen molar-refractivity contribution in [2.24, 2.45) is 29.0 Å². The van der Waals surface area contributed by atoms with Crippen LogP contribution >= 0.6 is 0 Å². The molecule has 0 heterocycles. The third-order valence-electron chi connectivity index (χ3n) is 10.7. The van der Waals surface area contributed by atoms with Gasteiger partial charge in [-0.3, -0.25) is 62.3 Å². The summed E-state index contributed by atoms with van der Waals surface area (Å²) >= 11 is 0. The minimum Gasteiger partial charge on any atom is -0.481 e. The number of amides is 11. The highest BCUT2D eigenvalue weighted by Gasteiger charge is 2.36. The Kier molecular flexibility index (Phi) is 29.7. The average molecular weight is 1050 g/mol. The number of hydrogen-bond acceptors (Lipinski definition) is 17. The van der Waals surface area contributed by atoms with E-state index in [1.807, 2.05) is 0 Å². The summed E-state index contributed by atoms with van der Waals surface area (Å²) in [7, 11) is 0. The molecule has 11 amide bonds. The minimum absolute atomic E-state index is 0.272. The standard InChI is InChI=1S/C43H75N13O17/c1-18(2)31(40(69)47-16-29(60)54-33(23(8)58)42(71)49-21(6)35(64)55-32(19(3)4)41(70)50-22(7)43(72)73)56-38(67)26(15-30(61)62)52-37(66)25(12-13-28(46)59)51-39(68)27(17-57)53-34(63)20(5)48-36(65)24(45)11-9-10-14-44/h18-27,31-33,57-58H,9-17,44-45H2,1-8H3,(H2,46,59)(H,47,69)(H,48,65)(H,49,71)(H,50,70)(H,51,68)(H,52,66)(H,53,63)(H,54,60)(H,55,64)(H,56,67)(H,61,62)(H,72,73)/t20-,21-,22-,23+,24-,25-,26-,27-,31-,32-,33-/m0/s1. The Balaban J connectivity index is 5.95. The van der Waals surface area contributed by atoms with Gasteiger partial charge in [-0.05, 0) is 65.3 Å². The van der Waals surface area contributed by atoms with Gasteiger partial charge in [0.15, 0.2) is 0 Å². The molecule has 0 saturated carbocycles. The molecule has 0 radical (unpaired) electrons. The summed E-state index contributed by atoms with van der Waals surface area (Å²) in [6, 6.07) is -14.8. The predicted octanol–water partition coefficient (Wildman–Crippen LogP) is -7.51. The van der Waals surface area contributed by atoms with Crippen molar-refractivity contribution in [2.45, 2.75) is 160 Å². The van der Waals surface area contributed by atoms with Gasteiger partial charge in [0, 0.05) is 6.42 Å². The van der Waals surface area contributed by atoms with Gasteiger partial charge < -0.3 is 90.8 Å². The van der Waals surface area contributed by atoms with E-state index < -0.39 is 188 Å².